The minimum absolute atomic E-state index is 0. The van der Waals surface area contributed by atoms with Gasteiger partial charge in [-0.3, -0.25) is 0 Å². The van der Waals surface area contributed by atoms with Crippen molar-refractivity contribution in [1.82, 2.24) is 0 Å². The van der Waals surface area contributed by atoms with Crippen LogP contribution in [0, 0.1) is 49.4 Å². The molecule has 46 heavy (non-hydrogen) atoms. The summed E-state index contributed by atoms with van der Waals surface area (Å²) < 4.78 is 30.2. The minimum Gasteiger partial charge on any atom is -0.545 e. The van der Waals surface area contributed by atoms with E-state index in [2.05, 4.69) is 0 Å². The number of methoxy groups -OCH3 is 6. The molecule has 0 aliphatic rings. The Bertz CT molecular complexity index is 1270. The predicted octanol–water partition coefficient (Wildman–Crippen LogP) is 1.40. The van der Waals surface area contributed by atoms with E-state index in [4.69, 9.17) is 28.4 Å². The van der Waals surface area contributed by atoms with Crippen LogP contribution in [0.4, 0.5) is 0 Å². The molecule has 0 saturated carbocycles. The quantitative estimate of drug-likeness (QED) is 0.243. The van der Waals surface area contributed by atoms with E-state index in [0.717, 1.165) is 18.2 Å². The van der Waals surface area contributed by atoms with E-state index in [-0.39, 0.29) is 49.4 Å². The van der Waals surface area contributed by atoms with Gasteiger partial charge in [0.2, 0.25) is 0 Å². The predicted molar refractivity (Wildman–Crippen MR) is 161 cm³/mol. The van der Waals surface area contributed by atoms with Gasteiger partial charge in [-0.25, -0.2) is 0 Å². The third-order valence-electron chi connectivity index (χ3n) is 5.36. The van der Waals surface area contributed by atoms with Gasteiger partial charge < -0.3 is 58.1 Å². The number of carbonyl (C=O) groups is 3. The molecular weight excluding hydrogens is 740 g/mol. The van der Waals surface area contributed by atoms with Crippen LogP contribution in [0.2, 0.25) is 0 Å². The van der Waals surface area contributed by atoms with Crippen LogP contribution in [0.25, 0.3) is 18.2 Å². The Kier molecular flexibility index (Phi) is 20.9. The summed E-state index contributed by atoms with van der Waals surface area (Å²) in [6.45, 7) is 0. The molecule has 3 rings (SSSR count). The number of hydrogen-bond donors (Lipinski definition) is 0. The number of ether oxygens (including phenoxy) is 6. The Morgan fingerprint density at radius 2 is 0.587 bits per heavy atom. The molecule has 0 fully saturated rings. The molecule has 0 unspecified atom stereocenters. The number of carboxylic acids is 3. The Labute approximate surface area is 308 Å². The third kappa shape index (κ3) is 17.2. The van der Waals surface area contributed by atoms with Crippen molar-refractivity contribution in [2.45, 2.75) is 0 Å². The van der Waals surface area contributed by atoms with E-state index in [9.17, 15) is 29.7 Å². The molecule has 0 radical (unpaired) electrons. The molecule has 0 aromatic heterocycles. The normalized spacial score (nSPS) is 10.0. The zero-order valence-electron chi connectivity index (χ0n) is 25.9. The maximum Gasteiger partial charge on any atom is 3.00 e. The van der Waals surface area contributed by atoms with Crippen LogP contribution in [0.5, 0.6) is 34.5 Å². The summed E-state index contributed by atoms with van der Waals surface area (Å²) in [7, 11) is 9.17. The van der Waals surface area contributed by atoms with Crippen LogP contribution < -0.4 is 43.7 Å². The second kappa shape index (κ2) is 23.1. The monoisotopic (exact) mass is 774 g/mol. The average molecular weight is 774 g/mol. The molecule has 0 spiro atoms. The van der Waals surface area contributed by atoms with Crippen LogP contribution in [-0.4, -0.2) is 60.6 Å². The van der Waals surface area contributed by atoms with Crippen LogP contribution >= 0.6 is 0 Å². The Hall–Kier alpha value is -4.33. The second-order valence-corrected chi connectivity index (χ2v) is 8.40. The van der Waals surface area contributed by atoms with Crippen molar-refractivity contribution >= 4 is 36.1 Å². The third-order valence-corrected chi connectivity index (χ3v) is 5.36. The molecule has 3 aromatic carbocycles. The van der Waals surface area contributed by atoms with Gasteiger partial charge in [-0.05, 0) is 71.3 Å². The molecule has 3 aromatic rings. The van der Waals surface area contributed by atoms with E-state index in [1.54, 1.807) is 54.6 Å². The first kappa shape index (κ1) is 41.7. The SMILES string of the molecule is COc1cc(C=CC(=O)[O-])cc(OC)c1.COc1cc(C=CC(=O)[O-])cc(OC)c1.COc1cc(C=CC(=O)[O-])cc(OC)c1.[Eu+3]. The van der Waals surface area contributed by atoms with Gasteiger partial charge in [0.25, 0.3) is 0 Å². The van der Waals surface area contributed by atoms with Crippen LogP contribution in [0.3, 0.4) is 0 Å². The summed E-state index contributed by atoms with van der Waals surface area (Å²) in [6.07, 6.45) is 7.11. The van der Waals surface area contributed by atoms with Crippen LogP contribution in [0.15, 0.2) is 72.8 Å². The fourth-order valence-corrected chi connectivity index (χ4v) is 3.27. The van der Waals surface area contributed by atoms with E-state index >= 15 is 0 Å². The van der Waals surface area contributed by atoms with Crippen molar-refractivity contribution in [3.63, 3.8) is 0 Å². The summed E-state index contributed by atoms with van der Waals surface area (Å²) in [5.74, 6) is -0.0931. The van der Waals surface area contributed by atoms with Crippen molar-refractivity contribution in [2.75, 3.05) is 42.7 Å². The number of aliphatic carboxylic acids is 3. The fraction of sp³-hybridized carbons (Fsp3) is 0.182. The number of hydrogen-bond acceptors (Lipinski definition) is 12. The van der Waals surface area contributed by atoms with Gasteiger partial charge in [0.05, 0.1) is 60.6 Å². The summed E-state index contributed by atoms with van der Waals surface area (Å²) in [5, 5.41) is 30.7. The molecular formula is C33H33EuO12. The number of carbonyl (C=O) groups excluding carboxylic acids is 3. The molecule has 0 bridgehead atoms. The van der Waals surface area contributed by atoms with Crippen LogP contribution in [0.1, 0.15) is 16.7 Å². The molecule has 0 atom stereocenters. The Morgan fingerprint density at radius 1 is 0.413 bits per heavy atom. The van der Waals surface area contributed by atoms with Gasteiger partial charge >= 0.3 is 49.4 Å². The zero-order chi connectivity index (χ0) is 33.8. The molecule has 244 valence electrons. The van der Waals surface area contributed by atoms with Gasteiger partial charge in [-0.2, -0.15) is 0 Å². The first-order valence-corrected chi connectivity index (χ1v) is 12.8. The van der Waals surface area contributed by atoms with Crippen molar-refractivity contribution in [3.8, 4) is 34.5 Å². The topological polar surface area (TPSA) is 176 Å². The van der Waals surface area contributed by atoms with Crippen molar-refractivity contribution in [3.05, 3.63) is 89.5 Å². The molecule has 0 saturated heterocycles. The van der Waals surface area contributed by atoms with E-state index < -0.39 is 17.9 Å². The van der Waals surface area contributed by atoms with Crippen LogP contribution in [-0.2, 0) is 14.4 Å². The molecule has 0 N–H and O–H groups in total. The molecule has 0 aliphatic carbocycles. The van der Waals surface area contributed by atoms with Gasteiger partial charge in [-0.15, -0.1) is 0 Å². The maximum absolute atomic E-state index is 10.2. The number of rotatable bonds is 12. The minimum atomic E-state index is -1.24. The number of carboxylic acid groups (broad SMARTS) is 3. The summed E-state index contributed by atoms with van der Waals surface area (Å²) in [6, 6.07) is 15.3. The molecule has 0 amide bonds. The summed E-state index contributed by atoms with van der Waals surface area (Å²) in [4.78, 5) is 30.7. The summed E-state index contributed by atoms with van der Waals surface area (Å²) >= 11 is 0. The smallest absolute Gasteiger partial charge is 0.545 e. The fourth-order valence-electron chi connectivity index (χ4n) is 3.27. The Morgan fingerprint density at radius 3 is 0.717 bits per heavy atom. The van der Waals surface area contributed by atoms with E-state index in [1.165, 1.54) is 60.9 Å². The molecule has 13 heteroatoms. The molecule has 0 heterocycles. The van der Waals surface area contributed by atoms with E-state index in [0.29, 0.717) is 51.2 Å². The van der Waals surface area contributed by atoms with Gasteiger partial charge in [0.1, 0.15) is 34.5 Å². The van der Waals surface area contributed by atoms with E-state index in [1.807, 2.05) is 0 Å². The maximum atomic E-state index is 10.2. The summed E-state index contributed by atoms with van der Waals surface area (Å²) in [5.41, 5.74) is 2.03. The zero-order valence-corrected chi connectivity index (χ0v) is 28.4. The van der Waals surface area contributed by atoms with Crippen molar-refractivity contribution in [1.29, 1.82) is 0 Å². The number of benzene rings is 3. The van der Waals surface area contributed by atoms with Crippen molar-refractivity contribution < 1.29 is 108 Å². The van der Waals surface area contributed by atoms with Crippen molar-refractivity contribution in [2.24, 2.45) is 0 Å². The van der Waals surface area contributed by atoms with Gasteiger partial charge in [0.15, 0.2) is 0 Å². The van der Waals surface area contributed by atoms with Gasteiger partial charge in [0, 0.05) is 18.2 Å². The average Bonchev–Trinajstić information content (AvgIpc) is 3.05. The molecule has 0 aliphatic heterocycles. The largest absolute Gasteiger partial charge is 3.00 e. The first-order valence-electron chi connectivity index (χ1n) is 12.8. The second-order valence-electron chi connectivity index (χ2n) is 8.40. The van der Waals surface area contributed by atoms with Gasteiger partial charge in [-0.1, -0.05) is 18.2 Å². The first-order chi connectivity index (χ1) is 21.5. The Balaban J connectivity index is 0.000000653. The molecule has 12 nitrogen and oxygen atoms in total. The standard InChI is InChI=1S/3C11H12O4.Eu/c3*1-14-9-5-8(3-4-11(12)13)6-10(7-9)15-2;/h3*3-7H,1-2H3,(H,12,13);/q;;;+3/p-3.